The van der Waals surface area contributed by atoms with Crippen molar-refractivity contribution in [3.63, 3.8) is 0 Å². The Balaban J connectivity index is 2.25. The number of nitriles is 1. The van der Waals surface area contributed by atoms with Crippen LogP contribution in [-0.2, 0) is 16.0 Å². The average molecular weight is 288 g/mol. The molecule has 0 saturated carbocycles. The quantitative estimate of drug-likeness (QED) is 0.711. The lowest BCUT2D eigenvalue weighted by Gasteiger charge is -2.11. The first-order chi connectivity index (χ1) is 10.1. The number of benzene rings is 1. The minimum atomic E-state index is -0.626. The first-order valence-corrected chi connectivity index (χ1v) is 7.46. The van der Waals surface area contributed by atoms with Crippen LogP contribution in [0.3, 0.4) is 0 Å². The molecule has 4 heteroatoms. The van der Waals surface area contributed by atoms with E-state index in [1.54, 1.807) is 0 Å². The average Bonchev–Trinajstić information content (AvgIpc) is 2.48. The van der Waals surface area contributed by atoms with Gasteiger partial charge >= 0.3 is 0 Å². The van der Waals surface area contributed by atoms with Crippen LogP contribution < -0.4 is 5.32 Å². The van der Waals surface area contributed by atoms with Crippen LogP contribution in [0.15, 0.2) is 30.3 Å². The van der Waals surface area contributed by atoms with Crippen LogP contribution in [0.2, 0.25) is 0 Å². The van der Waals surface area contributed by atoms with Gasteiger partial charge in [-0.25, -0.2) is 0 Å². The number of carbonyl (C=O) groups excluding carboxylic acids is 1. The molecule has 0 spiro atoms. The molecule has 0 saturated heterocycles. The van der Waals surface area contributed by atoms with Gasteiger partial charge in [0.15, 0.2) is 0 Å². The number of hydrogen-bond donors (Lipinski definition) is 1. The van der Waals surface area contributed by atoms with Crippen molar-refractivity contribution < 1.29 is 9.53 Å². The highest BCUT2D eigenvalue weighted by Gasteiger charge is 2.17. The lowest BCUT2D eigenvalue weighted by molar-refractivity contribution is -0.123. The van der Waals surface area contributed by atoms with Gasteiger partial charge < -0.3 is 10.1 Å². The smallest absolute Gasteiger partial charge is 0.237 e. The van der Waals surface area contributed by atoms with Crippen molar-refractivity contribution in [3.05, 3.63) is 35.9 Å². The fourth-order valence-corrected chi connectivity index (χ4v) is 1.93. The van der Waals surface area contributed by atoms with Crippen LogP contribution in [0.1, 0.15) is 32.3 Å². The maximum atomic E-state index is 12.0. The molecular weight excluding hydrogens is 264 g/mol. The molecular formula is C17H24N2O2. The van der Waals surface area contributed by atoms with Crippen molar-refractivity contribution in [2.24, 2.45) is 5.92 Å². The molecule has 0 radical (unpaired) electrons. The molecule has 1 unspecified atom stereocenters. The Hall–Kier alpha value is -1.86. The molecule has 1 N–H and O–H groups in total. The highest BCUT2D eigenvalue weighted by molar-refractivity contribution is 5.81. The summed E-state index contributed by atoms with van der Waals surface area (Å²) in [6.07, 6.45) is 2.48. The van der Waals surface area contributed by atoms with Crippen molar-refractivity contribution in [3.8, 4) is 6.07 Å². The van der Waals surface area contributed by atoms with Gasteiger partial charge in [-0.2, -0.15) is 5.26 Å². The molecule has 1 amide bonds. The Bertz CT molecular complexity index is 452. The molecule has 0 aromatic heterocycles. The first kappa shape index (κ1) is 17.2. The Kier molecular flexibility index (Phi) is 8.15. The molecule has 114 valence electrons. The summed E-state index contributed by atoms with van der Waals surface area (Å²) in [6, 6.07) is 11.7. The summed E-state index contributed by atoms with van der Waals surface area (Å²) >= 11 is 0. The first-order valence-electron chi connectivity index (χ1n) is 7.46. The van der Waals surface area contributed by atoms with Gasteiger partial charge in [0.25, 0.3) is 0 Å². The topological polar surface area (TPSA) is 62.1 Å². The van der Waals surface area contributed by atoms with Crippen LogP contribution >= 0.6 is 0 Å². The normalized spacial score (nSPS) is 11.9. The van der Waals surface area contributed by atoms with Gasteiger partial charge in [0, 0.05) is 13.2 Å². The predicted molar refractivity (Wildman–Crippen MR) is 82.6 cm³/mol. The van der Waals surface area contributed by atoms with E-state index in [2.05, 4.69) is 11.4 Å². The molecule has 1 rings (SSSR count). The SMILES string of the molecule is CC(C)OCCCCNC(=O)C(C#N)Cc1ccccc1. The fourth-order valence-electron chi connectivity index (χ4n) is 1.93. The van der Waals surface area contributed by atoms with E-state index in [0.717, 1.165) is 18.4 Å². The number of nitrogens with zero attached hydrogens (tertiary/aromatic N) is 1. The Morgan fingerprint density at radius 2 is 2.00 bits per heavy atom. The van der Waals surface area contributed by atoms with Crippen LogP contribution in [0.4, 0.5) is 0 Å². The second-order valence-electron chi connectivity index (χ2n) is 5.29. The van der Waals surface area contributed by atoms with Crippen molar-refractivity contribution in [2.75, 3.05) is 13.2 Å². The lowest BCUT2D eigenvalue weighted by Crippen LogP contribution is -2.32. The number of amides is 1. The number of unbranched alkanes of at least 4 members (excludes halogenated alkanes) is 1. The Morgan fingerprint density at radius 3 is 2.62 bits per heavy atom. The number of rotatable bonds is 9. The summed E-state index contributed by atoms with van der Waals surface area (Å²) < 4.78 is 5.43. The summed E-state index contributed by atoms with van der Waals surface area (Å²) in [5.41, 5.74) is 1.00. The molecule has 0 heterocycles. The molecule has 0 aliphatic heterocycles. The van der Waals surface area contributed by atoms with Crippen molar-refractivity contribution in [2.45, 2.75) is 39.2 Å². The summed E-state index contributed by atoms with van der Waals surface area (Å²) in [6.45, 7) is 5.30. The van der Waals surface area contributed by atoms with Crippen molar-refractivity contribution >= 4 is 5.91 Å². The van der Waals surface area contributed by atoms with E-state index in [1.165, 1.54) is 0 Å². The molecule has 0 aliphatic carbocycles. The molecule has 0 bridgehead atoms. The summed E-state index contributed by atoms with van der Waals surface area (Å²) in [5.74, 6) is -0.814. The van der Waals surface area contributed by atoms with Crippen molar-refractivity contribution in [1.29, 1.82) is 5.26 Å². The zero-order chi connectivity index (χ0) is 15.5. The van der Waals surface area contributed by atoms with Gasteiger partial charge in [0.1, 0.15) is 5.92 Å². The second-order valence-corrected chi connectivity index (χ2v) is 5.29. The van der Waals surface area contributed by atoms with Gasteiger partial charge in [0.2, 0.25) is 5.91 Å². The number of carbonyl (C=O) groups is 1. The minimum Gasteiger partial charge on any atom is -0.379 e. The molecule has 1 atom stereocenters. The van der Waals surface area contributed by atoms with E-state index >= 15 is 0 Å². The third-order valence-electron chi connectivity index (χ3n) is 3.08. The maximum Gasteiger partial charge on any atom is 0.237 e. The standard InChI is InChI=1S/C17H24N2O2/c1-14(2)21-11-7-6-10-19-17(20)16(13-18)12-15-8-4-3-5-9-15/h3-5,8-9,14,16H,6-7,10-12H2,1-2H3,(H,19,20). The molecule has 4 nitrogen and oxygen atoms in total. The van der Waals surface area contributed by atoms with Crippen LogP contribution in [0, 0.1) is 17.2 Å². The summed E-state index contributed by atoms with van der Waals surface area (Å²) in [7, 11) is 0. The van der Waals surface area contributed by atoms with E-state index in [4.69, 9.17) is 10.00 Å². The monoisotopic (exact) mass is 288 g/mol. The van der Waals surface area contributed by atoms with Crippen molar-refractivity contribution in [1.82, 2.24) is 5.32 Å². The van der Waals surface area contributed by atoms with Gasteiger partial charge in [-0.1, -0.05) is 30.3 Å². The Morgan fingerprint density at radius 1 is 1.29 bits per heavy atom. The van der Waals surface area contributed by atoms with Crippen LogP contribution in [0.25, 0.3) is 0 Å². The van der Waals surface area contributed by atoms with Gasteiger partial charge in [-0.05, 0) is 38.7 Å². The number of hydrogen-bond acceptors (Lipinski definition) is 3. The summed E-state index contributed by atoms with van der Waals surface area (Å²) in [4.78, 5) is 12.0. The molecule has 1 aromatic rings. The molecule has 1 aromatic carbocycles. The third-order valence-corrected chi connectivity index (χ3v) is 3.08. The predicted octanol–water partition coefficient (Wildman–Crippen LogP) is 2.69. The number of nitrogens with one attached hydrogen (secondary N) is 1. The minimum absolute atomic E-state index is 0.189. The highest BCUT2D eigenvalue weighted by atomic mass is 16.5. The second kappa shape index (κ2) is 9.95. The highest BCUT2D eigenvalue weighted by Crippen LogP contribution is 2.08. The third kappa shape index (κ3) is 7.48. The van der Waals surface area contributed by atoms with Gasteiger partial charge in [0.05, 0.1) is 12.2 Å². The number of ether oxygens (including phenoxy) is 1. The lowest BCUT2D eigenvalue weighted by atomic mass is 10.00. The largest absolute Gasteiger partial charge is 0.379 e. The van der Waals surface area contributed by atoms with Gasteiger partial charge in [-0.15, -0.1) is 0 Å². The van der Waals surface area contributed by atoms with E-state index in [1.807, 2.05) is 44.2 Å². The molecule has 0 aliphatic rings. The maximum absolute atomic E-state index is 12.0. The van der Waals surface area contributed by atoms with E-state index < -0.39 is 5.92 Å². The zero-order valence-corrected chi connectivity index (χ0v) is 12.8. The Labute approximate surface area is 127 Å². The van der Waals surface area contributed by atoms with Crippen LogP contribution in [0.5, 0.6) is 0 Å². The van der Waals surface area contributed by atoms with E-state index in [-0.39, 0.29) is 12.0 Å². The van der Waals surface area contributed by atoms with E-state index in [0.29, 0.717) is 19.6 Å². The molecule has 0 fully saturated rings. The van der Waals surface area contributed by atoms with E-state index in [9.17, 15) is 4.79 Å². The molecule has 21 heavy (non-hydrogen) atoms. The summed E-state index contributed by atoms with van der Waals surface area (Å²) in [5, 5.41) is 12.0. The zero-order valence-electron chi connectivity index (χ0n) is 12.8. The fraction of sp³-hybridized carbons (Fsp3) is 0.529. The van der Waals surface area contributed by atoms with Crippen LogP contribution in [-0.4, -0.2) is 25.2 Å². The van der Waals surface area contributed by atoms with Gasteiger partial charge in [-0.3, -0.25) is 4.79 Å².